The molecule has 0 saturated carbocycles. The zero-order valence-corrected chi connectivity index (χ0v) is 17.0. The number of likely N-dealkylation sites (tertiary alicyclic amines) is 1. The van der Waals surface area contributed by atoms with Crippen LogP contribution in [0, 0.1) is 5.92 Å². The van der Waals surface area contributed by atoms with Crippen molar-refractivity contribution in [3.63, 3.8) is 0 Å². The molecule has 0 aromatic heterocycles. The Hall–Kier alpha value is -2.86. The smallest absolute Gasteiger partial charge is 0.416 e. The topological polar surface area (TPSA) is 40.5 Å². The fourth-order valence-corrected chi connectivity index (χ4v) is 4.52. The predicted octanol–water partition coefficient (Wildman–Crippen LogP) is 6.29. The number of hydrogen-bond acceptors (Lipinski definition) is 2. The van der Waals surface area contributed by atoms with Gasteiger partial charge in [0.05, 0.1) is 5.56 Å². The van der Waals surface area contributed by atoms with Crippen LogP contribution in [0.25, 0.3) is 10.8 Å². The molecule has 2 atom stereocenters. The first kappa shape index (κ1) is 21.4. The molecule has 1 saturated heterocycles. The maximum absolute atomic E-state index is 13.0. The number of rotatable bonds is 5. The minimum atomic E-state index is -4.37. The summed E-state index contributed by atoms with van der Waals surface area (Å²) in [5.41, 5.74) is 1.26. The third-order valence-corrected chi connectivity index (χ3v) is 6.11. The Kier molecular flexibility index (Phi) is 6.01. The molecule has 31 heavy (non-hydrogen) atoms. The molecule has 0 spiro atoms. The summed E-state index contributed by atoms with van der Waals surface area (Å²) >= 11 is 0. The highest BCUT2D eigenvalue weighted by molar-refractivity contribution is 5.82. The molecule has 3 nitrogen and oxygen atoms in total. The van der Waals surface area contributed by atoms with Gasteiger partial charge in [0, 0.05) is 19.0 Å². The maximum Gasteiger partial charge on any atom is 0.416 e. The normalized spacial score (nSPS) is 20.1. The molecule has 2 unspecified atom stereocenters. The first-order valence-corrected chi connectivity index (χ1v) is 10.4. The predicted molar refractivity (Wildman–Crippen MR) is 114 cm³/mol. The molecule has 3 aromatic rings. The molecule has 6 heteroatoms. The third-order valence-electron chi connectivity index (χ3n) is 6.11. The van der Waals surface area contributed by atoms with Crippen LogP contribution in [0.1, 0.15) is 42.0 Å². The zero-order valence-electron chi connectivity index (χ0n) is 17.0. The highest BCUT2D eigenvalue weighted by atomic mass is 19.4. The summed E-state index contributed by atoms with van der Waals surface area (Å²) in [6, 6.07) is 19.6. The van der Waals surface area contributed by atoms with Gasteiger partial charge in [-0.3, -0.25) is 9.69 Å². The van der Waals surface area contributed by atoms with Crippen molar-refractivity contribution in [2.24, 2.45) is 5.92 Å². The highest BCUT2D eigenvalue weighted by Crippen LogP contribution is 2.38. The molecule has 1 N–H and O–H groups in total. The molecule has 1 fully saturated rings. The summed E-state index contributed by atoms with van der Waals surface area (Å²) in [6.07, 6.45) is -2.91. The molecule has 0 amide bonds. The number of benzene rings is 3. The Bertz CT molecular complexity index is 1060. The molecule has 1 aliphatic heterocycles. The lowest BCUT2D eigenvalue weighted by Crippen LogP contribution is -2.37. The van der Waals surface area contributed by atoms with Gasteiger partial charge in [0.2, 0.25) is 0 Å². The number of carboxylic acids is 1. The summed E-state index contributed by atoms with van der Waals surface area (Å²) in [5.74, 6) is -0.822. The van der Waals surface area contributed by atoms with Crippen LogP contribution in [-0.2, 0) is 17.5 Å². The van der Waals surface area contributed by atoms with Crippen LogP contribution in [-0.4, -0.2) is 22.5 Å². The van der Waals surface area contributed by atoms with Crippen LogP contribution >= 0.6 is 0 Å². The van der Waals surface area contributed by atoms with Crippen molar-refractivity contribution in [3.8, 4) is 0 Å². The van der Waals surface area contributed by atoms with Gasteiger partial charge in [-0.15, -0.1) is 0 Å². The summed E-state index contributed by atoms with van der Waals surface area (Å²) < 4.78 is 39.0. The number of carbonyl (C=O) groups is 1. The molecule has 4 rings (SSSR count). The number of fused-ring (bicyclic) bond motifs is 1. The molecular formula is C25H24F3NO2. The Morgan fingerprint density at radius 1 is 1.00 bits per heavy atom. The minimum Gasteiger partial charge on any atom is -0.481 e. The van der Waals surface area contributed by atoms with E-state index < -0.39 is 17.7 Å². The van der Waals surface area contributed by atoms with E-state index in [-0.39, 0.29) is 18.4 Å². The Morgan fingerprint density at radius 3 is 2.39 bits per heavy atom. The van der Waals surface area contributed by atoms with Gasteiger partial charge in [-0.25, -0.2) is 0 Å². The first-order valence-electron chi connectivity index (χ1n) is 10.4. The van der Waals surface area contributed by atoms with E-state index in [1.54, 1.807) is 0 Å². The third kappa shape index (κ3) is 5.07. The molecule has 0 radical (unpaired) electrons. The quantitative estimate of drug-likeness (QED) is 0.520. The van der Waals surface area contributed by atoms with E-state index in [0.717, 1.165) is 40.5 Å². The number of carboxylic acid groups (broad SMARTS) is 1. The van der Waals surface area contributed by atoms with E-state index in [2.05, 4.69) is 35.2 Å². The van der Waals surface area contributed by atoms with Gasteiger partial charge in [0.25, 0.3) is 0 Å². The minimum absolute atomic E-state index is 0.0117. The van der Waals surface area contributed by atoms with Crippen molar-refractivity contribution in [2.45, 2.75) is 38.0 Å². The lowest BCUT2D eigenvalue weighted by molar-refractivity contribution is -0.139. The Labute approximate surface area is 179 Å². The van der Waals surface area contributed by atoms with E-state index in [0.29, 0.717) is 19.5 Å². The second kappa shape index (κ2) is 8.71. The SMILES string of the molecule is O=C(O)CC1CCN(Cc2ccc3ccccc3c2)C(c2ccc(C(F)(F)F)cc2)C1. The van der Waals surface area contributed by atoms with Crippen molar-refractivity contribution in [1.29, 1.82) is 0 Å². The van der Waals surface area contributed by atoms with Crippen molar-refractivity contribution < 1.29 is 23.1 Å². The van der Waals surface area contributed by atoms with Crippen LogP contribution in [0.4, 0.5) is 13.2 Å². The van der Waals surface area contributed by atoms with Gasteiger partial charge in [0.1, 0.15) is 0 Å². The number of halogens is 3. The lowest BCUT2D eigenvalue weighted by Gasteiger charge is -2.39. The highest BCUT2D eigenvalue weighted by Gasteiger charge is 2.33. The van der Waals surface area contributed by atoms with Gasteiger partial charge >= 0.3 is 12.1 Å². The molecule has 0 bridgehead atoms. The largest absolute Gasteiger partial charge is 0.481 e. The summed E-state index contributed by atoms with van der Waals surface area (Å²) in [7, 11) is 0. The standard InChI is InChI=1S/C25H24F3NO2/c26-25(27,28)22-9-7-20(8-10-22)23-14-17(15-24(30)31)11-12-29(23)16-18-5-6-19-3-1-2-4-21(19)13-18/h1-10,13,17,23H,11-12,14-16H2,(H,30,31). The maximum atomic E-state index is 13.0. The van der Waals surface area contributed by atoms with Crippen molar-refractivity contribution in [1.82, 2.24) is 4.90 Å². The number of alkyl halides is 3. The van der Waals surface area contributed by atoms with Gasteiger partial charge < -0.3 is 5.11 Å². The number of hydrogen-bond donors (Lipinski definition) is 1. The van der Waals surface area contributed by atoms with Gasteiger partial charge in [0.15, 0.2) is 0 Å². The van der Waals surface area contributed by atoms with Crippen molar-refractivity contribution in [2.75, 3.05) is 6.54 Å². The molecule has 1 heterocycles. The number of piperidine rings is 1. The molecule has 0 aliphatic carbocycles. The second-order valence-corrected chi connectivity index (χ2v) is 8.28. The van der Waals surface area contributed by atoms with Crippen LogP contribution in [0.3, 0.4) is 0 Å². The van der Waals surface area contributed by atoms with E-state index >= 15 is 0 Å². The van der Waals surface area contributed by atoms with E-state index in [9.17, 15) is 23.1 Å². The fraction of sp³-hybridized carbons (Fsp3) is 0.320. The Morgan fingerprint density at radius 2 is 1.71 bits per heavy atom. The number of aliphatic carboxylic acids is 1. The van der Waals surface area contributed by atoms with Crippen LogP contribution < -0.4 is 0 Å². The summed E-state index contributed by atoms with van der Waals surface area (Å²) in [6.45, 7) is 1.37. The van der Waals surface area contributed by atoms with E-state index in [4.69, 9.17) is 0 Å². The zero-order chi connectivity index (χ0) is 22.0. The second-order valence-electron chi connectivity index (χ2n) is 8.28. The van der Waals surface area contributed by atoms with Gasteiger partial charge in [-0.2, -0.15) is 13.2 Å². The van der Waals surface area contributed by atoms with Gasteiger partial charge in [-0.1, -0.05) is 48.5 Å². The molecule has 162 valence electrons. The number of nitrogens with zero attached hydrogens (tertiary/aromatic N) is 1. The summed E-state index contributed by atoms with van der Waals surface area (Å²) in [5, 5.41) is 11.5. The fourth-order valence-electron chi connectivity index (χ4n) is 4.52. The molecular weight excluding hydrogens is 403 g/mol. The van der Waals surface area contributed by atoms with Gasteiger partial charge in [-0.05, 0) is 65.4 Å². The van der Waals surface area contributed by atoms with Crippen LogP contribution in [0.15, 0.2) is 66.7 Å². The monoisotopic (exact) mass is 427 g/mol. The first-order chi connectivity index (χ1) is 14.8. The van der Waals surface area contributed by atoms with E-state index in [1.165, 1.54) is 12.1 Å². The average molecular weight is 427 g/mol. The molecule has 1 aliphatic rings. The summed E-state index contributed by atoms with van der Waals surface area (Å²) in [4.78, 5) is 13.5. The van der Waals surface area contributed by atoms with Crippen LogP contribution in [0.2, 0.25) is 0 Å². The molecule has 3 aromatic carbocycles. The lowest BCUT2D eigenvalue weighted by atomic mass is 9.84. The Balaban J connectivity index is 1.60. The van der Waals surface area contributed by atoms with Crippen LogP contribution in [0.5, 0.6) is 0 Å². The van der Waals surface area contributed by atoms with Crippen molar-refractivity contribution >= 4 is 16.7 Å². The average Bonchev–Trinajstić information content (AvgIpc) is 2.74. The van der Waals surface area contributed by atoms with E-state index in [1.807, 2.05) is 12.1 Å². The van der Waals surface area contributed by atoms with Crippen molar-refractivity contribution in [3.05, 3.63) is 83.4 Å².